The van der Waals surface area contributed by atoms with Crippen LogP contribution in [-0.2, 0) is 6.18 Å². The third-order valence-electron chi connectivity index (χ3n) is 7.09. The molecule has 0 unspecified atom stereocenters. The minimum Gasteiger partial charge on any atom is -0.382 e. The van der Waals surface area contributed by atoms with E-state index in [1.54, 1.807) is 12.3 Å². The minimum absolute atomic E-state index is 0.0280. The Bertz CT molecular complexity index is 1840. The number of amides is 2. The summed E-state index contributed by atoms with van der Waals surface area (Å²) in [6, 6.07) is 14.9. The highest BCUT2D eigenvalue weighted by atomic mass is 19.4. The Morgan fingerprint density at radius 1 is 1.05 bits per heavy atom. The maximum absolute atomic E-state index is 13.1. The smallest absolute Gasteiger partial charge is 0.382 e. The first-order valence-corrected chi connectivity index (χ1v) is 13.0. The van der Waals surface area contributed by atoms with E-state index in [2.05, 4.69) is 27.0 Å². The van der Waals surface area contributed by atoms with Gasteiger partial charge in [-0.25, -0.2) is 14.8 Å². The number of anilines is 3. The number of hydrogen-bond acceptors (Lipinski definition) is 5. The second-order valence-electron chi connectivity index (χ2n) is 9.78. The number of rotatable bonds is 4. The molecule has 208 valence electrons. The van der Waals surface area contributed by atoms with Crippen LogP contribution in [0.25, 0.3) is 33.1 Å². The largest absolute Gasteiger partial charge is 0.416 e. The van der Waals surface area contributed by atoms with Crippen LogP contribution in [-0.4, -0.2) is 33.5 Å². The number of urea groups is 1. The second kappa shape index (κ2) is 10.3. The van der Waals surface area contributed by atoms with Gasteiger partial charge in [0.25, 0.3) is 0 Å². The van der Waals surface area contributed by atoms with Crippen LogP contribution in [0.4, 0.5) is 35.2 Å². The summed E-state index contributed by atoms with van der Waals surface area (Å²) >= 11 is 0. The summed E-state index contributed by atoms with van der Waals surface area (Å²) in [6.07, 6.45) is 0.373. The molecule has 2 aromatic heterocycles. The Labute approximate surface area is 233 Å². The van der Waals surface area contributed by atoms with Crippen LogP contribution in [0.5, 0.6) is 0 Å². The van der Waals surface area contributed by atoms with Crippen molar-refractivity contribution in [1.29, 1.82) is 0 Å². The van der Waals surface area contributed by atoms with Crippen molar-refractivity contribution in [3.63, 3.8) is 0 Å². The first kappa shape index (κ1) is 26.3. The van der Waals surface area contributed by atoms with Gasteiger partial charge in [0, 0.05) is 23.2 Å². The molecule has 3 aromatic carbocycles. The van der Waals surface area contributed by atoms with Crippen molar-refractivity contribution in [2.45, 2.75) is 19.5 Å². The quantitative estimate of drug-likeness (QED) is 0.202. The van der Waals surface area contributed by atoms with E-state index >= 15 is 0 Å². The SMILES string of the molecule is Cc1nc(-c2ccc(NC(=O)Nc3cccc(C(F)(F)F)c3)c3ccccc23)c2c(N)ncc(C3=CCCNC3)n12. The second-order valence-corrected chi connectivity index (χ2v) is 9.78. The summed E-state index contributed by atoms with van der Waals surface area (Å²) in [5.41, 5.74) is 10.3. The predicted molar refractivity (Wildman–Crippen MR) is 155 cm³/mol. The van der Waals surface area contributed by atoms with E-state index in [-0.39, 0.29) is 5.69 Å². The van der Waals surface area contributed by atoms with E-state index in [4.69, 9.17) is 10.7 Å². The first-order valence-electron chi connectivity index (χ1n) is 13.0. The van der Waals surface area contributed by atoms with Crippen LogP contribution < -0.4 is 21.7 Å². The summed E-state index contributed by atoms with van der Waals surface area (Å²) in [4.78, 5) is 22.2. The number of nitrogens with zero attached hydrogens (tertiary/aromatic N) is 3. The summed E-state index contributed by atoms with van der Waals surface area (Å²) in [5, 5.41) is 10.2. The van der Waals surface area contributed by atoms with Crippen LogP contribution >= 0.6 is 0 Å². The fourth-order valence-electron chi connectivity index (χ4n) is 5.24. The molecule has 0 atom stereocenters. The zero-order chi connectivity index (χ0) is 28.7. The summed E-state index contributed by atoms with van der Waals surface area (Å²) in [5.74, 6) is 1.11. The van der Waals surface area contributed by atoms with Crippen molar-refractivity contribution < 1.29 is 18.0 Å². The molecule has 0 bridgehead atoms. The molecule has 1 aliphatic rings. The molecule has 5 N–H and O–H groups in total. The molecule has 0 aliphatic carbocycles. The molecule has 8 nitrogen and oxygen atoms in total. The lowest BCUT2D eigenvalue weighted by atomic mass is 10.00. The van der Waals surface area contributed by atoms with E-state index in [1.807, 2.05) is 41.7 Å². The van der Waals surface area contributed by atoms with Gasteiger partial charge in [0.05, 0.1) is 23.1 Å². The fourth-order valence-corrected chi connectivity index (χ4v) is 5.24. The number of nitrogen functional groups attached to an aromatic ring is 1. The number of aryl methyl sites for hydroxylation is 1. The molecule has 3 heterocycles. The highest BCUT2D eigenvalue weighted by Crippen LogP contribution is 2.38. The molecule has 11 heteroatoms. The summed E-state index contributed by atoms with van der Waals surface area (Å²) < 4.78 is 41.3. The number of nitrogens with two attached hydrogens (primary N) is 1. The van der Waals surface area contributed by atoms with Crippen molar-refractivity contribution >= 4 is 45.1 Å². The topological polar surface area (TPSA) is 109 Å². The number of alkyl halides is 3. The standard InChI is InChI=1S/C30H26F3N7O/c1-17-37-26(27-28(34)36-16-25(40(17)27)18-6-5-13-35-15-18)23-11-12-24(22-10-3-2-9-21(22)23)39-29(41)38-20-8-4-7-19(14-20)30(31,32)33/h2-4,6-12,14,16,35H,5,13,15H2,1H3,(H2,34,36)(H2,38,39,41). The monoisotopic (exact) mass is 557 g/mol. The normalized spacial score (nSPS) is 13.8. The Hall–Kier alpha value is -4.90. The van der Waals surface area contributed by atoms with Crippen LogP contribution in [0.1, 0.15) is 23.5 Å². The molecule has 6 rings (SSSR count). The number of halogens is 3. The number of fused-ring (bicyclic) bond motifs is 2. The van der Waals surface area contributed by atoms with E-state index in [9.17, 15) is 18.0 Å². The molecule has 0 saturated heterocycles. The highest BCUT2D eigenvalue weighted by molar-refractivity contribution is 6.11. The molecule has 0 spiro atoms. The number of carbonyl (C=O) groups is 1. The van der Waals surface area contributed by atoms with Gasteiger partial charge in [0.2, 0.25) is 0 Å². The molecule has 1 aliphatic heterocycles. The predicted octanol–water partition coefficient (Wildman–Crippen LogP) is 6.48. The molecule has 0 saturated carbocycles. The molecule has 0 fully saturated rings. The van der Waals surface area contributed by atoms with Gasteiger partial charge in [-0.1, -0.05) is 42.5 Å². The lowest BCUT2D eigenvalue weighted by Gasteiger charge is -2.17. The maximum Gasteiger partial charge on any atom is 0.416 e. The molecular formula is C30H26F3N7O. The van der Waals surface area contributed by atoms with Crippen molar-refractivity contribution in [3.05, 3.63) is 90.0 Å². The van der Waals surface area contributed by atoms with Crippen LogP contribution in [0.2, 0.25) is 0 Å². The van der Waals surface area contributed by atoms with Gasteiger partial charge in [0.1, 0.15) is 22.9 Å². The average molecular weight is 558 g/mol. The third-order valence-corrected chi connectivity index (χ3v) is 7.09. The number of carbonyl (C=O) groups excluding carboxylic acids is 1. The maximum atomic E-state index is 13.1. The zero-order valence-electron chi connectivity index (χ0n) is 22.0. The molecule has 0 radical (unpaired) electrons. The van der Waals surface area contributed by atoms with Gasteiger partial charge in [-0.15, -0.1) is 0 Å². The average Bonchev–Trinajstić information content (AvgIpc) is 3.31. The minimum atomic E-state index is -4.51. The first-order chi connectivity index (χ1) is 19.7. The van der Waals surface area contributed by atoms with Crippen molar-refractivity contribution in [3.8, 4) is 11.3 Å². The van der Waals surface area contributed by atoms with E-state index < -0.39 is 17.8 Å². The van der Waals surface area contributed by atoms with Crippen molar-refractivity contribution in [2.24, 2.45) is 0 Å². The van der Waals surface area contributed by atoms with Crippen LogP contribution in [0.15, 0.2) is 72.9 Å². The molecule has 41 heavy (non-hydrogen) atoms. The number of hydrogen-bond donors (Lipinski definition) is 4. The Morgan fingerprint density at radius 3 is 2.61 bits per heavy atom. The van der Waals surface area contributed by atoms with Gasteiger partial charge in [-0.2, -0.15) is 13.2 Å². The number of aromatic nitrogens is 3. The zero-order valence-corrected chi connectivity index (χ0v) is 22.0. The van der Waals surface area contributed by atoms with E-state index in [0.29, 0.717) is 22.7 Å². The number of imidazole rings is 1. The highest BCUT2D eigenvalue weighted by Gasteiger charge is 2.30. The summed E-state index contributed by atoms with van der Waals surface area (Å²) in [6.45, 7) is 3.57. The molecular weight excluding hydrogens is 531 g/mol. The van der Waals surface area contributed by atoms with Gasteiger partial charge < -0.3 is 21.7 Å². The van der Waals surface area contributed by atoms with Gasteiger partial charge >= 0.3 is 12.2 Å². The lowest BCUT2D eigenvalue weighted by Crippen LogP contribution is -2.22. The van der Waals surface area contributed by atoms with Gasteiger partial charge in [-0.3, -0.25) is 4.40 Å². The van der Waals surface area contributed by atoms with E-state index in [0.717, 1.165) is 65.1 Å². The Balaban J connectivity index is 1.38. The Morgan fingerprint density at radius 2 is 1.85 bits per heavy atom. The lowest BCUT2D eigenvalue weighted by molar-refractivity contribution is -0.137. The van der Waals surface area contributed by atoms with E-state index in [1.165, 1.54) is 12.1 Å². The van der Waals surface area contributed by atoms with Gasteiger partial charge in [-0.05, 0) is 55.1 Å². The summed E-state index contributed by atoms with van der Waals surface area (Å²) in [7, 11) is 0. The fraction of sp³-hybridized carbons (Fsp3) is 0.167. The third kappa shape index (κ3) is 4.95. The number of benzene rings is 3. The Kier molecular flexibility index (Phi) is 6.58. The van der Waals surface area contributed by atoms with Crippen LogP contribution in [0.3, 0.4) is 0 Å². The van der Waals surface area contributed by atoms with Crippen molar-refractivity contribution in [2.75, 3.05) is 29.5 Å². The van der Waals surface area contributed by atoms with Crippen LogP contribution in [0, 0.1) is 6.92 Å². The van der Waals surface area contributed by atoms with Crippen molar-refractivity contribution in [1.82, 2.24) is 19.7 Å². The molecule has 2 amide bonds. The number of nitrogens with one attached hydrogen (secondary N) is 3. The molecule has 5 aromatic rings. The van der Waals surface area contributed by atoms with Gasteiger partial charge in [0.15, 0.2) is 0 Å².